The van der Waals surface area contributed by atoms with Crippen molar-refractivity contribution in [1.29, 1.82) is 0 Å². The SMILES string of the molecule is Cc1cc(C(=O)N2CCC(C)CC2C(=O)O)c(C)n1C(C)C. The molecule has 1 N–H and O–H groups in total. The molecule has 0 spiro atoms. The summed E-state index contributed by atoms with van der Waals surface area (Å²) in [6.07, 6.45) is 1.39. The van der Waals surface area contributed by atoms with Crippen LogP contribution in [0.1, 0.15) is 61.4 Å². The number of hydrogen-bond donors (Lipinski definition) is 1. The van der Waals surface area contributed by atoms with Crippen LogP contribution in [0.5, 0.6) is 0 Å². The first-order valence-electron chi connectivity index (χ1n) is 7.96. The van der Waals surface area contributed by atoms with E-state index in [-0.39, 0.29) is 11.9 Å². The number of carboxylic acids is 1. The maximum Gasteiger partial charge on any atom is 0.326 e. The molecular formula is C17H26N2O3. The van der Waals surface area contributed by atoms with Crippen molar-refractivity contribution in [3.63, 3.8) is 0 Å². The van der Waals surface area contributed by atoms with E-state index in [0.29, 0.717) is 24.4 Å². The Morgan fingerprint density at radius 3 is 2.45 bits per heavy atom. The topological polar surface area (TPSA) is 62.5 Å². The molecule has 0 radical (unpaired) electrons. The molecule has 22 heavy (non-hydrogen) atoms. The largest absolute Gasteiger partial charge is 0.480 e. The Balaban J connectivity index is 2.35. The number of hydrogen-bond acceptors (Lipinski definition) is 2. The van der Waals surface area contributed by atoms with Gasteiger partial charge in [0.05, 0.1) is 5.56 Å². The number of carbonyl (C=O) groups excluding carboxylic acids is 1. The summed E-state index contributed by atoms with van der Waals surface area (Å²) >= 11 is 0. The van der Waals surface area contributed by atoms with E-state index in [0.717, 1.165) is 17.8 Å². The van der Waals surface area contributed by atoms with E-state index in [2.05, 4.69) is 18.4 Å². The Labute approximate surface area is 131 Å². The molecule has 2 atom stereocenters. The molecule has 1 saturated heterocycles. The fourth-order valence-corrected chi connectivity index (χ4v) is 3.56. The van der Waals surface area contributed by atoms with Crippen LogP contribution in [0.25, 0.3) is 0 Å². The number of likely N-dealkylation sites (tertiary alicyclic amines) is 1. The zero-order valence-electron chi connectivity index (χ0n) is 14.1. The Hall–Kier alpha value is -1.78. The normalized spacial score (nSPS) is 22.2. The number of nitrogens with zero attached hydrogens (tertiary/aromatic N) is 2. The Morgan fingerprint density at radius 1 is 1.32 bits per heavy atom. The number of amides is 1. The Kier molecular flexibility index (Phi) is 4.63. The lowest BCUT2D eigenvalue weighted by Gasteiger charge is -2.36. The highest BCUT2D eigenvalue weighted by Gasteiger charge is 2.36. The maximum absolute atomic E-state index is 12.9. The molecule has 0 saturated carbocycles. The van der Waals surface area contributed by atoms with E-state index < -0.39 is 12.0 Å². The molecule has 1 aliphatic heterocycles. The highest BCUT2D eigenvalue weighted by Crippen LogP contribution is 2.27. The number of carboxylic acid groups (broad SMARTS) is 1. The van der Waals surface area contributed by atoms with Crippen molar-refractivity contribution >= 4 is 11.9 Å². The van der Waals surface area contributed by atoms with Gasteiger partial charge in [0.1, 0.15) is 6.04 Å². The van der Waals surface area contributed by atoms with Crippen LogP contribution in [0.2, 0.25) is 0 Å². The van der Waals surface area contributed by atoms with Crippen molar-refractivity contribution in [2.75, 3.05) is 6.54 Å². The number of aromatic nitrogens is 1. The molecule has 1 fully saturated rings. The van der Waals surface area contributed by atoms with Crippen molar-refractivity contribution in [3.05, 3.63) is 23.0 Å². The van der Waals surface area contributed by atoms with Gasteiger partial charge in [-0.15, -0.1) is 0 Å². The van der Waals surface area contributed by atoms with Crippen LogP contribution in [0, 0.1) is 19.8 Å². The van der Waals surface area contributed by atoms with Crippen LogP contribution in [-0.2, 0) is 4.79 Å². The second-order valence-corrected chi connectivity index (χ2v) is 6.73. The molecule has 122 valence electrons. The molecule has 1 amide bonds. The number of carbonyl (C=O) groups is 2. The average Bonchev–Trinajstić information content (AvgIpc) is 2.73. The van der Waals surface area contributed by atoms with Crippen molar-refractivity contribution in [3.8, 4) is 0 Å². The van der Waals surface area contributed by atoms with E-state index in [9.17, 15) is 14.7 Å². The maximum atomic E-state index is 12.9. The zero-order chi connectivity index (χ0) is 16.6. The first kappa shape index (κ1) is 16.6. The van der Waals surface area contributed by atoms with E-state index in [4.69, 9.17) is 0 Å². The summed E-state index contributed by atoms with van der Waals surface area (Å²) in [6.45, 7) is 10.6. The lowest BCUT2D eigenvalue weighted by atomic mass is 9.92. The van der Waals surface area contributed by atoms with Gasteiger partial charge >= 0.3 is 5.97 Å². The fourth-order valence-electron chi connectivity index (χ4n) is 3.56. The highest BCUT2D eigenvalue weighted by molar-refractivity contribution is 5.98. The van der Waals surface area contributed by atoms with Gasteiger partial charge < -0.3 is 14.6 Å². The molecule has 2 unspecified atom stereocenters. The lowest BCUT2D eigenvalue weighted by molar-refractivity contribution is -0.144. The van der Waals surface area contributed by atoms with Gasteiger partial charge in [0.2, 0.25) is 0 Å². The fraction of sp³-hybridized carbons (Fsp3) is 0.647. The van der Waals surface area contributed by atoms with E-state index in [1.807, 2.05) is 26.8 Å². The van der Waals surface area contributed by atoms with Crippen LogP contribution in [-0.4, -0.2) is 39.0 Å². The van der Waals surface area contributed by atoms with Crippen LogP contribution >= 0.6 is 0 Å². The molecule has 0 aliphatic carbocycles. The number of aryl methyl sites for hydroxylation is 1. The molecule has 0 bridgehead atoms. The van der Waals surface area contributed by atoms with Gasteiger partial charge in [-0.3, -0.25) is 4.79 Å². The summed E-state index contributed by atoms with van der Waals surface area (Å²) in [5, 5.41) is 9.44. The van der Waals surface area contributed by atoms with Crippen molar-refractivity contribution in [1.82, 2.24) is 9.47 Å². The third kappa shape index (κ3) is 2.89. The molecule has 2 rings (SSSR count). The van der Waals surface area contributed by atoms with Crippen molar-refractivity contribution in [2.45, 2.75) is 59.5 Å². The first-order valence-corrected chi connectivity index (χ1v) is 7.96. The molecule has 2 heterocycles. The van der Waals surface area contributed by atoms with Crippen molar-refractivity contribution < 1.29 is 14.7 Å². The average molecular weight is 306 g/mol. The van der Waals surface area contributed by atoms with Gasteiger partial charge in [-0.2, -0.15) is 0 Å². The minimum absolute atomic E-state index is 0.153. The van der Waals surface area contributed by atoms with Gasteiger partial charge in [0.25, 0.3) is 5.91 Å². The monoisotopic (exact) mass is 306 g/mol. The smallest absolute Gasteiger partial charge is 0.326 e. The Morgan fingerprint density at radius 2 is 1.95 bits per heavy atom. The quantitative estimate of drug-likeness (QED) is 0.933. The predicted octanol–water partition coefficient (Wildman–Crippen LogP) is 3.01. The second kappa shape index (κ2) is 6.15. The van der Waals surface area contributed by atoms with E-state index in [1.165, 1.54) is 4.90 Å². The van der Waals surface area contributed by atoms with Crippen LogP contribution in [0.4, 0.5) is 0 Å². The first-order chi connectivity index (χ1) is 10.2. The second-order valence-electron chi connectivity index (χ2n) is 6.73. The number of rotatable bonds is 3. The van der Waals surface area contributed by atoms with Gasteiger partial charge in [0.15, 0.2) is 0 Å². The summed E-state index contributed by atoms with van der Waals surface area (Å²) in [7, 11) is 0. The van der Waals surface area contributed by atoms with Gasteiger partial charge in [-0.1, -0.05) is 6.92 Å². The summed E-state index contributed by atoms with van der Waals surface area (Å²) in [5.41, 5.74) is 2.58. The van der Waals surface area contributed by atoms with Gasteiger partial charge in [-0.25, -0.2) is 4.79 Å². The predicted molar refractivity (Wildman–Crippen MR) is 85.1 cm³/mol. The lowest BCUT2D eigenvalue weighted by Crippen LogP contribution is -2.49. The third-order valence-corrected chi connectivity index (χ3v) is 4.64. The number of aliphatic carboxylic acids is 1. The number of piperidine rings is 1. The van der Waals surface area contributed by atoms with Crippen LogP contribution in [0.15, 0.2) is 6.07 Å². The molecular weight excluding hydrogens is 280 g/mol. The highest BCUT2D eigenvalue weighted by atomic mass is 16.4. The summed E-state index contributed by atoms with van der Waals surface area (Å²) in [5.74, 6) is -0.717. The molecule has 0 aromatic carbocycles. The van der Waals surface area contributed by atoms with E-state index in [1.54, 1.807) is 0 Å². The minimum atomic E-state index is -0.905. The zero-order valence-corrected chi connectivity index (χ0v) is 14.1. The molecule has 1 aromatic heterocycles. The molecule has 1 aromatic rings. The van der Waals surface area contributed by atoms with E-state index >= 15 is 0 Å². The summed E-state index contributed by atoms with van der Waals surface area (Å²) < 4.78 is 2.12. The molecule has 1 aliphatic rings. The van der Waals surface area contributed by atoms with Crippen LogP contribution in [0.3, 0.4) is 0 Å². The Bertz CT molecular complexity index is 589. The van der Waals surface area contributed by atoms with Gasteiger partial charge in [-0.05, 0) is 52.5 Å². The van der Waals surface area contributed by atoms with Crippen molar-refractivity contribution in [2.24, 2.45) is 5.92 Å². The minimum Gasteiger partial charge on any atom is -0.480 e. The van der Waals surface area contributed by atoms with Crippen LogP contribution < -0.4 is 0 Å². The van der Waals surface area contributed by atoms with Gasteiger partial charge in [0, 0.05) is 24.0 Å². The summed E-state index contributed by atoms with van der Waals surface area (Å²) in [6, 6.07) is 1.45. The molecule has 5 heteroatoms. The molecule has 5 nitrogen and oxygen atoms in total. The standard InChI is InChI=1S/C17H26N2O3/c1-10(2)19-12(4)9-14(13(19)5)16(20)18-7-6-11(3)8-15(18)17(21)22/h9-11,15H,6-8H2,1-5H3,(H,21,22). The summed E-state index contributed by atoms with van der Waals surface area (Å²) in [4.78, 5) is 25.9. The third-order valence-electron chi connectivity index (χ3n) is 4.64.